The molecule has 18 heavy (non-hydrogen) atoms. The zero-order valence-corrected chi connectivity index (χ0v) is 11.7. The molecule has 4 nitrogen and oxygen atoms in total. The van der Waals surface area contributed by atoms with Crippen molar-refractivity contribution < 1.29 is 8.42 Å². The van der Waals surface area contributed by atoms with Gasteiger partial charge in [-0.2, -0.15) is 5.26 Å². The summed E-state index contributed by atoms with van der Waals surface area (Å²) in [6.07, 6.45) is 0.567. The lowest BCUT2D eigenvalue weighted by atomic mass is 9.94. The van der Waals surface area contributed by atoms with Gasteiger partial charge in [0.2, 0.25) is 10.0 Å². The second kappa shape index (κ2) is 5.40. The maximum atomic E-state index is 11.9. The van der Waals surface area contributed by atoms with E-state index in [-0.39, 0.29) is 11.2 Å². The van der Waals surface area contributed by atoms with E-state index in [0.29, 0.717) is 17.7 Å². The van der Waals surface area contributed by atoms with Crippen molar-refractivity contribution in [2.45, 2.75) is 27.2 Å². The molecule has 0 heterocycles. The lowest BCUT2D eigenvalue weighted by Gasteiger charge is -2.18. The molecule has 1 aromatic carbocycles. The van der Waals surface area contributed by atoms with Crippen LogP contribution in [0.5, 0.6) is 0 Å². The third kappa shape index (κ3) is 4.76. The van der Waals surface area contributed by atoms with Gasteiger partial charge in [-0.1, -0.05) is 32.9 Å². The first-order chi connectivity index (χ1) is 8.23. The Bertz CT molecular complexity index is 551. The van der Waals surface area contributed by atoms with Crippen LogP contribution in [-0.2, 0) is 10.0 Å². The van der Waals surface area contributed by atoms with E-state index in [4.69, 9.17) is 5.26 Å². The summed E-state index contributed by atoms with van der Waals surface area (Å²) in [5.41, 5.74) is 0.634. The van der Waals surface area contributed by atoms with Crippen molar-refractivity contribution >= 4 is 15.7 Å². The van der Waals surface area contributed by atoms with Crippen LogP contribution in [0.4, 0.5) is 5.69 Å². The van der Waals surface area contributed by atoms with Crippen LogP contribution in [0.25, 0.3) is 0 Å². The first-order valence-corrected chi connectivity index (χ1v) is 7.38. The number of para-hydroxylation sites is 1. The summed E-state index contributed by atoms with van der Waals surface area (Å²) < 4.78 is 26.2. The number of nitrogens with zero attached hydrogens (tertiary/aromatic N) is 1. The Labute approximate surface area is 109 Å². The summed E-state index contributed by atoms with van der Waals surface area (Å²) in [6.45, 7) is 5.98. The van der Waals surface area contributed by atoms with Gasteiger partial charge in [0.15, 0.2) is 0 Å². The molecule has 0 aromatic heterocycles. The van der Waals surface area contributed by atoms with Crippen molar-refractivity contribution in [2.24, 2.45) is 5.41 Å². The summed E-state index contributed by atoms with van der Waals surface area (Å²) in [5, 5.41) is 8.89. The van der Waals surface area contributed by atoms with E-state index in [2.05, 4.69) is 4.72 Å². The summed E-state index contributed by atoms with van der Waals surface area (Å²) in [6, 6.07) is 8.54. The predicted molar refractivity (Wildman–Crippen MR) is 72.6 cm³/mol. The molecule has 0 bridgehead atoms. The SMILES string of the molecule is CC(C)(C)CCS(=O)(=O)Nc1ccccc1C#N. The molecule has 0 saturated carbocycles. The molecule has 0 spiro atoms. The van der Waals surface area contributed by atoms with Crippen LogP contribution in [0.2, 0.25) is 0 Å². The summed E-state index contributed by atoms with van der Waals surface area (Å²) in [7, 11) is -3.40. The molecule has 0 saturated heterocycles. The molecule has 0 radical (unpaired) electrons. The second-order valence-electron chi connectivity index (χ2n) is 5.39. The van der Waals surface area contributed by atoms with Gasteiger partial charge in [-0.05, 0) is 24.0 Å². The molecule has 0 unspecified atom stereocenters. The quantitative estimate of drug-likeness (QED) is 0.911. The molecular formula is C13H18N2O2S. The Morgan fingerprint density at radius 2 is 1.89 bits per heavy atom. The molecule has 0 aliphatic carbocycles. The van der Waals surface area contributed by atoms with Crippen molar-refractivity contribution in [2.75, 3.05) is 10.5 Å². The highest BCUT2D eigenvalue weighted by Crippen LogP contribution is 2.21. The average Bonchev–Trinajstić information content (AvgIpc) is 2.26. The molecule has 0 aliphatic rings. The molecule has 0 fully saturated rings. The Balaban J connectivity index is 2.81. The number of hydrogen-bond donors (Lipinski definition) is 1. The standard InChI is InChI=1S/C13H18N2O2S/c1-13(2,3)8-9-18(16,17)15-12-7-5-4-6-11(12)10-14/h4-7,15H,8-9H2,1-3H3. The van der Waals surface area contributed by atoms with E-state index in [1.807, 2.05) is 26.8 Å². The zero-order chi connectivity index (χ0) is 13.8. The Morgan fingerprint density at radius 3 is 2.44 bits per heavy atom. The number of rotatable bonds is 4. The van der Waals surface area contributed by atoms with Gasteiger partial charge in [-0.25, -0.2) is 8.42 Å². The maximum Gasteiger partial charge on any atom is 0.232 e. The average molecular weight is 266 g/mol. The monoisotopic (exact) mass is 266 g/mol. The third-order valence-corrected chi connectivity index (χ3v) is 3.71. The first-order valence-electron chi connectivity index (χ1n) is 5.73. The van der Waals surface area contributed by atoms with Crippen LogP contribution in [0, 0.1) is 16.7 Å². The number of nitrogens with one attached hydrogen (secondary N) is 1. The lowest BCUT2D eigenvalue weighted by Crippen LogP contribution is -2.21. The summed E-state index contributed by atoms with van der Waals surface area (Å²) in [4.78, 5) is 0. The highest BCUT2D eigenvalue weighted by Gasteiger charge is 2.18. The highest BCUT2D eigenvalue weighted by molar-refractivity contribution is 7.92. The van der Waals surface area contributed by atoms with Gasteiger partial charge in [0.1, 0.15) is 6.07 Å². The van der Waals surface area contributed by atoms with Crippen molar-refractivity contribution in [3.8, 4) is 6.07 Å². The summed E-state index contributed by atoms with van der Waals surface area (Å²) >= 11 is 0. The Hall–Kier alpha value is -1.54. The summed E-state index contributed by atoms with van der Waals surface area (Å²) in [5.74, 6) is 0.0518. The lowest BCUT2D eigenvalue weighted by molar-refractivity contribution is 0.397. The minimum atomic E-state index is -3.40. The van der Waals surface area contributed by atoms with Crippen LogP contribution in [0.3, 0.4) is 0 Å². The highest BCUT2D eigenvalue weighted by atomic mass is 32.2. The predicted octanol–water partition coefficient (Wildman–Crippen LogP) is 2.74. The van der Waals surface area contributed by atoms with Crippen LogP contribution in [0.15, 0.2) is 24.3 Å². The Kier molecular flexibility index (Phi) is 4.36. The van der Waals surface area contributed by atoms with Crippen LogP contribution in [-0.4, -0.2) is 14.2 Å². The largest absolute Gasteiger partial charge is 0.282 e. The zero-order valence-electron chi connectivity index (χ0n) is 10.9. The van der Waals surface area contributed by atoms with E-state index in [0.717, 1.165) is 0 Å². The van der Waals surface area contributed by atoms with E-state index in [1.54, 1.807) is 24.3 Å². The number of nitriles is 1. The number of anilines is 1. The number of benzene rings is 1. The van der Waals surface area contributed by atoms with Gasteiger partial charge in [0, 0.05) is 0 Å². The molecule has 1 rings (SSSR count). The van der Waals surface area contributed by atoms with Gasteiger partial charge < -0.3 is 0 Å². The van der Waals surface area contributed by atoms with E-state index in [9.17, 15) is 8.42 Å². The molecule has 0 atom stereocenters. The number of hydrogen-bond acceptors (Lipinski definition) is 3. The van der Waals surface area contributed by atoms with E-state index < -0.39 is 10.0 Å². The molecular weight excluding hydrogens is 248 g/mol. The van der Waals surface area contributed by atoms with Crippen molar-refractivity contribution in [1.82, 2.24) is 0 Å². The fourth-order valence-electron chi connectivity index (χ4n) is 1.33. The first kappa shape index (κ1) is 14.5. The molecule has 98 valence electrons. The maximum absolute atomic E-state index is 11.9. The topological polar surface area (TPSA) is 70.0 Å². The van der Waals surface area contributed by atoms with Crippen molar-refractivity contribution in [1.29, 1.82) is 5.26 Å². The molecule has 1 aromatic rings. The number of sulfonamides is 1. The molecule has 0 aliphatic heterocycles. The normalized spacial score (nSPS) is 11.9. The van der Waals surface area contributed by atoms with Gasteiger partial charge >= 0.3 is 0 Å². The van der Waals surface area contributed by atoms with Gasteiger partial charge in [0.05, 0.1) is 17.0 Å². The third-order valence-electron chi connectivity index (χ3n) is 2.43. The molecule has 1 N–H and O–H groups in total. The van der Waals surface area contributed by atoms with Gasteiger partial charge in [-0.3, -0.25) is 4.72 Å². The van der Waals surface area contributed by atoms with Gasteiger partial charge in [0.25, 0.3) is 0 Å². The Morgan fingerprint density at radius 1 is 1.28 bits per heavy atom. The molecule has 5 heteroatoms. The smallest absolute Gasteiger partial charge is 0.232 e. The fraction of sp³-hybridized carbons (Fsp3) is 0.462. The van der Waals surface area contributed by atoms with Crippen LogP contribution < -0.4 is 4.72 Å². The van der Waals surface area contributed by atoms with E-state index in [1.165, 1.54) is 0 Å². The van der Waals surface area contributed by atoms with E-state index >= 15 is 0 Å². The fourth-order valence-corrected chi connectivity index (χ4v) is 2.82. The minimum absolute atomic E-state index is 0.0382. The molecule has 0 amide bonds. The van der Waals surface area contributed by atoms with Crippen LogP contribution >= 0.6 is 0 Å². The van der Waals surface area contributed by atoms with Crippen LogP contribution in [0.1, 0.15) is 32.8 Å². The van der Waals surface area contributed by atoms with Crippen molar-refractivity contribution in [3.05, 3.63) is 29.8 Å². The second-order valence-corrected chi connectivity index (χ2v) is 7.23. The van der Waals surface area contributed by atoms with Gasteiger partial charge in [-0.15, -0.1) is 0 Å². The van der Waals surface area contributed by atoms with Crippen molar-refractivity contribution in [3.63, 3.8) is 0 Å². The minimum Gasteiger partial charge on any atom is -0.282 e.